The molecule has 0 aliphatic carbocycles. The molecule has 11 heteroatoms. The van der Waals surface area contributed by atoms with Crippen molar-refractivity contribution in [2.45, 2.75) is 193 Å². The summed E-state index contributed by atoms with van der Waals surface area (Å²) in [5.41, 5.74) is 0. The van der Waals surface area contributed by atoms with Gasteiger partial charge in [-0.2, -0.15) is 0 Å². The molecule has 0 aromatic heterocycles. The van der Waals surface area contributed by atoms with Crippen LogP contribution >= 0.6 is 7.82 Å². The molecule has 3 atom stereocenters. The highest BCUT2D eigenvalue weighted by atomic mass is 31.2. The van der Waals surface area contributed by atoms with Gasteiger partial charge in [-0.1, -0.05) is 159 Å². The van der Waals surface area contributed by atoms with Crippen molar-refractivity contribution in [3.05, 3.63) is 36.5 Å². The minimum atomic E-state index is -4.63. The molecule has 3 unspecified atom stereocenters. The number of aliphatic hydroxyl groups is 2. The van der Waals surface area contributed by atoms with Gasteiger partial charge >= 0.3 is 19.8 Å². The maximum atomic E-state index is 12.5. The van der Waals surface area contributed by atoms with Crippen molar-refractivity contribution in [3.63, 3.8) is 0 Å². The van der Waals surface area contributed by atoms with Crippen molar-refractivity contribution in [3.8, 4) is 0 Å². The predicted octanol–water partition coefficient (Wildman–Crippen LogP) is 10.8. The third-order valence-electron chi connectivity index (χ3n) is 8.79. The fourth-order valence-electron chi connectivity index (χ4n) is 5.53. The van der Waals surface area contributed by atoms with Crippen LogP contribution in [0.15, 0.2) is 36.5 Å². The normalized spacial score (nSPS) is 14.3. The van der Waals surface area contributed by atoms with Gasteiger partial charge in [0.2, 0.25) is 0 Å². The first kappa shape index (κ1) is 51.2. The average Bonchev–Trinajstić information content (AvgIpc) is 3.14. The first-order chi connectivity index (χ1) is 25.7. The third-order valence-corrected chi connectivity index (χ3v) is 9.74. The highest BCUT2D eigenvalue weighted by Gasteiger charge is 2.27. The van der Waals surface area contributed by atoms with E-state index in [1.807, 2.05) is 18.2 Å². The van der Waals surface area contributed by atoms with Crippen LogP contribution in [0.1, 0.15) is 181 Å². The van der Waals surface area contributed by atoms with Crippen molar-refractivity contribution in [1.29, 1.82) is 0 Å². The zero-order valence-corrected chi connectivity index (χ0v) is 34.4. The largest absolute Gasteiger partial charge is 0.472 e. The van der Waals surface area contributed by atoms with Crippen LogP contribution in [0, 0.1) is 0 Å². The molecule has 0 aromatic rings. The van der Waals surface area contributed by atoms with Gasteiger partial charge in [-0.15, -0.1) is 0 Å². The highest BCUT2D eigenvalue weighted by molar-refractivity contribution is 7.47. The molecule has 0 amide bonds. The molecule has 0 spiro atoms. The Hall–Kier alpha value is -1.81. The van der Waals surface area contributed by atoms with E-state index < -0.39 is 51.8 Å². The van der Waals surface area contributed by atoms with Crippen molar-refractivity contribution < 1.29 is 47.8 Å². The molecule has 0 rings (SSSR count). The summed E-state index contributed by atoms with van der Waals surface area (Å²) in [4.78, 5) is 34.8. The van der Waals surface area contributed by atoms with E-state index in [9.17, 15) is 24.2 Å². The smallest absolute Gasteiger partial charge is 0.462 e. The number of phosphoric ester groups is 1. The van der Waals surface area contributed by atoms with E-state index >= 15 is 0 Å². The average molecular weight is 773 g/mol. The number of esters is 2. The third kappa shape index (κ3) is 38.3. The van der Waals surface area contributed by atoms with Crippen LogP contribution in [0.4, 0.5) is 0 Å². The SMILES string of the molecule is CCCCCCCCCC/C=C\C/C=C\CCC(=O)OC(COC(=O)CC/C=C\CCCCCCCCCCCCC)COP(=O)(O)OCC(O)CO. The van der Waals surface area contributed by atoms with E-state index in [0.29, 0.717) is 12.8 Å². The molecule has 0 saturated heterocycles. The fourth-order valence-corrected chi connectivity index (χ4v) is 6.32. The monoisotopic (exact) mass is 773 g/mol. The molecule has 0 aliphatic rings. The molecule has 0 aromatic carbocycles. The van der Waals surface area contributed by atoms with Gasteiger partial charge in [-0.3, -0.25) is 18.6 Å². The lowest BCUT2D eigenvalue weighted by atomic mass is 10.1. The first-order valence-electron chi connectivity index (χ1n) is 20.9. The second-order valence-electron chi connectivity index (χ2n) is 14.0. The minimum Gasteiger partial charge on any atom is -0.462 e. The Morgan fingerprint density at radius 3 is 1.49 bits per heavy atom. The van der Waals surface area contributed by atoms with Gasteiger partial charge in [-0.25, -0.2) is 4.57 Å². The number of carbonyl (C=O) groups excluding carboxylic acids is 2. The highest BCUT2D eigenvalue weighted by Crippen LogP contribution is 2.43. The van der Waals surface area contributed by atoms with E-state index in [4.69, 9.17) is 19.1 Å². The fraction of sp³-hybridized carbons (Fsp3) is 0.810. The number of aliphatic hydroxyl groups excluding tert-OH is 2. The standard InChI is InChI=1S/C42H77O10P/c1-3-5-7-9-11-13-15-17-19-21-23-25-27-29-31-33-41(45)49-37-40(38-51-53(47,48)50-36-39(44)35-43)52-42(46)34-32-30-28-26-24-22-20-18-16-14-12-10-8-6-4-2/h22,24,27-30,39-40,43-44H,3-21,23,25-26,31-38H2,1-2H3,(H,47,48)/b24-22-,29-27-,30-28-. The molecular formula is C42H77O10P. The van der Waals surface area contributed by atoms with Crippen LogP contribution < -0.4 is 0 Å². The maximum Gasteiger partial charge on any atom is 0.472 e. The zero-order chi connectivity index (χ0) is 39.1. The van der Waals surface area contributed by atoms with Crippen LogP contribution in [0.5, 0.6) is 0 Å². The quantitative estimate of drug-likeness (QED) is 0.0238. The Balaban J connectivity index is 4.43. The number of allylic oxidation sites excluding steroid dienone is 6. The van der Waals surface area contributed by atoms with Crippen molar-refractivity contribution in [2.75, 3.05) is 26.4 Å². The van der Waals surface area contributed by atoms with Crippen LogP contribution in [0.2, 0.25) is 0 Å². The van der Waals surface area contributed by atoms with Crippen molar-refractivity contribution >= 4 is 19.8 Å². The summed E-state index contributed by atoms with van der Waals surface area (Å²) in [5, 5.41) is 18.3. The summed E-state index contributed by atoms with van der Waals surface area (Å²) in [6.07, 6.45) is 38.6. The number of ether oxygens (including phenoxy) is 2. The molecule has 0 bridgehead atoms. The maximum absolute atomic E-state index is 12.5. The van der Waals surface area contributed by atoms with Crippen LogP contribution in [-0.2, 0) is 32.7 Å². The second-order valence-corrected chi connectivity index (χ2v) is 15.5. The summed E-state index contributed by atoms with van der Waals surface area (Å²) in [6, 6.07) is 0. The number of hydrogen-bond donors (Lipinski definition) is 3. The summed E-state index contributed by atoms with van der Waals surface area (Å²) < 4.78 is 32.5. The van der Waals surface area contributed by atoms with E-state index in [0.717, 1.165) is 25.7 Å². The summed E-state index contributed by atoms with van der Waals surface area (Å²) in [7, 11) is -4.63. The number of unbranched alkanes of at least 4 members (excludes halogenated alkanes) is 19. The van der Waals surface area contributed by atoms with Crippen LogP contribution in [-0.4, -0.2) is 65.7 Å². The van der Waals surface area contributed by atoms with Gasteiger partial charge in [0.05, 0.1) is 19.8 Å². The summed E-state index contributed by atoms with van der Waals surface area (Å²) in [6.45, 7) is 2.27. The van der Waals surface area contributed by atoms with E-state index in [-0.39, 0.29) is 19.4 Å². The number of carbonyl (C=O) groups is 2. The number of phosphoric acid groups is 1. The molecule has 0 saturated carbocycles. The Morgan fingerprint density at radius 1 is 0.566 bits per heavy atom. The second kappa shape index (κ2) is 38.5. The summed E-state index contributed by atoms with van der Waals surface area (Å²) >= 11 is 0. The van der Waals surface area contributed by atoms with Crippen LogP contribution in [0.25, 0.3) is 0 Å². The minimum absolute atomic E-state index is 0.0722. The zero-order valence-electron chi connectivity index (χ0n) is 33.5. The molecule has 0 heterocycles. The molecule has 0 radical (unpaired) electrons. The van der Waals surface area contributed by atoms with Crippen molar-refractivity contribution in [1.82, 2.24) is 0 Å². The Labute approximate surface area is 322 Å². The Bertz CT molecular complexity index is 983. The lowest BCUT2D eigenvalue weighted by Crippen LogP contribution is -2.29. The van der Waals surface area contributed by atoms with Gasteiger partial charge in [0, 0.05) is 12.8 Å². The van der Waals surface area contributed by atoms with E-state index in [2.05, 4.69) is 36.6 Å². The molecule has 3 N–H and O–H groups in total. The van der Waals surface area contributed by atoms with Gasteiger partial charge in [0.25, 0.3) is 0 Å². The molecule has 53 heavy (non-hydrogen) atoms. The van der Waals surface area contributed by atoms with Gasteiger partial charge < -0.3 is 24.6 Å². The topological polar surface area (TPSA) is 149 Å². The summed E-state index contributed by atoms with van der Waals surface area (Å²) in [5.74, 6) is -1.06. The first-order valence-corrected chi connectivity index (χ1v) is 22.4. The molecular weight excluding hydrogens is 695 g/mol. The van der Waals surface area contributed by atoms with E-state index in [1.54, 1.807) is 0 Å². The van der Waals surface area contributed by atoms with Gasteiger partial charge in [0.1, 0.15) is 12.7 Å². The predicted molar refractivity (Wildman–Crippen MR) is 214 cm³/mol. The van der Waals surface area contributed by atoms with Gasteiger partial charge in [0.15, 0.2) is 6.10 Å². The molecule has 310 valence electrons. The lowest BCUT2D eigenvalue weighted by Gasteiger charge is -2.20. The van der Waals surface area contributed by atoms with Crippen molar-refractivity contribution in [2.24, 2.45) is 0 Å². The Morgan fingerprint density at radius 2 is 0.981 bits per heavy atom. The van der Waals surface area contributed by atoms with Gasteiger partial charge in [-0.05, 0) is 44.9 Å². The van der Waals surface area contributed by atoms with Crippen LogP contribution in [0.3, 0.4) is 0 Å². The molecule has 10 nitrogen and oxygen atoms in total. The molecule has 0 fully saturated rings. The van der Waals surface area contributed by atoms with E-state index in [1.165, 1.54) is 116 Å². The number of rotatable bonds is 39. The number of hydrogen-bond acceptors (Lipinski definition) is 9. The molecule has 0 aliphatic heterocycles. The Kier molecular flexibility index (Phi) is 37.2. The lowest BCUT2D eigenvalue weighted by molar-refractivity contribution is -0.161.